The van der Waals surface area contributed by atoms with Crippen molar-refractivity contribution in [1.82, 2.24) is 4.90 Å². The van der Waals surface area contributed by atoms with Crippen molar-refractivity contribution >= 4 is 11.9 Å². The highest BCUT2D eigenvalue weighted by Gasteiger charge is 2.46. The number of methoxy groups -OCH3 is 1. The Morgan fingerprint density at radius 3 is 2.16 bits per heavy atom. The standard InChI is InChI=1S/C31H28N2O4/c1-36-29-13-10-19(14-21(29)17-32)30(34)20-15-22-11-12-23(16-20)33(22)31(35)37-18-28-26-8-4-2-6-24(26)25-7-3-5-9-27(25)28/h2-10,13-14,20,22-23,28H,11-12,15-16,18H2,1H3. The number of amides is 1. The molecule has 2 aliphatic heterocycles. The van der Waals surface area contributed by atoms with E-state index in [4.69, 9.17) is 9.47 Å². The van der Waals surface area contributed by atoms with E-state index in [1.165, 1.54) is 29.4 Å². The zero-order valence-electron chi connectivity index (χ0n) is 20.7. The summed E-state index contributed by atoms with van der Waals surface area (Å²) in [7, 11) is 1.51. The molecule has 6 rings (SSSR count). The lowest BCUT2D eigenvalue weighted by molar-refractivity contribution is 0.0506. The molecule has 2 saturated heterocycles. The number of benzene rings is 3. The van der Waals surface area contributed by atoms with Gasteiger partial charge >= 0.3 is 6.09 Å². The molecule has 1 aliphatic carbocycles. The summed E-state index contributed by atoms with van der Waals surface area (Å²) in [6.07, 6.45) is 2.72. The summed E-state index contributed by atoms with van der Waals surface area (Å²) in [6.45, 7) is 0.300. The Bertz CT molecular complexity index is 1370. The van der Waals surface area contributed by atoms with E-state index in [1.54, 1.807) is 18.2 Å². The molecule has 0 spiro atoms. The molecular weight excluding hydrogens is 464 g/mol. The van der Waals surface area contributed by atoms with Crippen LogP contribution in [0, 0.1) is 17.2 Å². The summed E-state index contributed by atoms with van der Waals surface area (Å²) in [5, 5.41) is 9.39. The first kappa shape index (κ1) is 23.3. The molecule has 2 fully saturated rings. The number of hydrogen-bond donors (Lipinski definition) is 0. The fourth-order valence-corrected chi connectivity index (χ4v) is 6.54. The molecule has 2 unspecified atom stereocenters. The zero-order valence-corrected chi connectivity index (χ0v) is 20.7. The number of hydrogen-bond acceptors (Lipinski definition) is 5. The smallest absolute Gasteiger partial charge is 0.410 e. The second-order valence-electron chi connectivity index (χ2n) is 10.2. The minimum Gasteiger partial charge on any atom is -0.495 e. The Morgan fingerprint density at radius 2 is 1.57 bits per heavy atom. The summed E-state index contributed by atoms with van der Waals surface area (Å²) in [5.41, 5.74) is 5.68. The van der Waals surface area contributed by atoms with Crippen molar-refractivity contribution in [3.8, 4) is 22.9 Å². The number of rotatable bonds is 5. The number of carbonyl (C=O) groups is 2. The summed E-state index contributed by atoms with van der Waals surface area (Å²) in [4.78, 5) is 28.5. The van der Waals surface area contributed by atoms with Crippen LogP contribution in [0.4, 0.5) is 4.79 Å². The predicted octanol–water partition coefficient (Wildman–Crippen LogP) is 5.94. The quantitative estimate of drug-likeness (QED) is 0.412. The molecule has 0 saturated carbocycles. The highest BCUT2D eigenvalue weighted by atomic mass is 16.6. The third kappa shape index (κ3) is 3.95. The topological polar surface area (TPSA) is 79.6 Å². The van der Waals surface area contributed by atoms with Gasteiger partial charge in [0.1, 0.15) is 18.4 Å². The molecule has 2 bridgehead atoms. The van der Waals surface area contributed by atoms with Gasteiger partial charge in [0.25, 0.3) is 0 Å². The van der Waals surface area contributed by atoms with Crippen LogP contribution in [0.25, 0.3) is 11.1 Å². The van der Waals surface area contributed by atoms with E-state index in [9.17, 15) is 14.9 Å². The van der Waals surface area contributed by atoms with E-state index in [0.717, 1.165) is 12.8 Å². The van der Waals surface area contributed by atoms with E-state index in [1.807, 2.05) is 29.2 Å². The normalized spacial score (nSPS) is 21.6. The molecule has 6 heteroatoms. The van der Waals surface area contributed by atoms with E-state index in [0.29, 0.717) is 36.3 Å². The molecule has 0 radical (unpaired) electrons. The van der Waals surface area contributed by atoms with Crippen LogP contribution in [0.15, 0.2) is 66.7 Å². The number of ketones is 1. The van der Waals surface area contributed by atoms with Crippen molar-refractivity contribution in [2.45, 2.75) is 43.7 Å². The Kier molecular flexibility index (Phi) is 5.92. The van der Waals surface area contributed by atoms with Crippen LogP contribution < -0.4 is 4.74 Å². The van der Waals surface area contributed by atoms with Crippen LogP contribution in [-0.4, -0.2) is 42.6 Å². The Hall–Kier alpha value is -4.11. The van der Waals surface area contributed by atoms with Gasteiger partial charge < -0.3 is 14.4 Å². The van der Waals surface area contributed by atoms with Gasteiger partial charge in [-0.1, -0.05) is 48.5 Å². The average Bonchev–Trinajstić information content (AvgIpc) is 3.41. The molecule has 0 N–H and O–H groups in total. The first-order valence-corrected chi connectivity index (χ1v) is 12.8. The number of carbonyl (C=O) groups excluding carboxylic acids is 2. The lowest BCUT2D eigenvalue weighted by atomic mass is 9.84. The fourth-order valence-electron chi connectivity index (χ4n) is 6.54. The lowest BCUT2D eigenvalue weighted by Crippen LogP contribution is -2.48. The van der Waals surface area contributed by atoms with Crippen molar-refractivity contribution in [3.63, 3.8) is 0 Å². The second-order valence-corrected chi connectivity index (χ2v) is 10.2. The molecule has 0 aromatic heterocycles. The molecular formula is C31H28N2O4. The summed E-state index contributed by atoms with van der Waals surface area (Å²) in [6, 6.07) is 23.7. The molecule has 3 aromatic rings. The van der Waals surface area contributed by atoms with Crippen molar-refractivity contribution in [2.75, 3.05) is 13.7 Å². The molecule has 3 aromatic carbocycles. The van der Waals surface area contributed by atoms with Crippen LogP contribution in [0.1, 0.15) is 58.6 Å². The number of ether oxygens (including phenoxy) is 2. The van der Waals surface area contributed by atoms with Gasteiger partial charge in [-0.15, -0.1) is 0 Å². The number of fused-ring (bicyclic) bond motifs is 5. The van der Waals surface area contributed by atoms with Gasteiger partial charge in [0.15, 0.2) is 5.78 Å². The maximum Gasteiger partial charge on any atom is 0.410 e. The minimum atomic E-state index is -0.281. The monoisotopic (exact) mass is 492 g/mol. The maximum atomic E-state index is 13.3. The molecule has 37 heavy (non-hydrogen) atoms. The van der Waals surface area contributed by atoms with Gasteiger partial charge in [-0.25, -0.2) is 4.79 Å². The first-order chi connectivity index (χ1) is 18.1. The van der Waals surface area contributed by atoms with E-state index < -0.39 is 0 Å². The Labute approximate surface area is 216 Å². The summed E-state index contributed by atoms with van der Waals surface area (Å²) >= 11 is 0. The van der Waals surface area contributed by atoms with Gasteiger partial charge in [-0.05, 0) is 66.1 Å². The first-order valence-electron chi connectivity index (χ1n) is 12.8. The third-order valence-corrected chi connectivity index (χ3v) is 8.26. The summed E-state index contributed by atoms with van der Waals surface area (Å²) < 4.78 is 11.2. The number of nitrogens with zero attached hydrogens (tertiary/aromatic N) is 2. The minimum absolute atomic E-state index is 0.00274. The summed E-state index contributed by atoms with van der Waals surface area (Å²) in [5.74, 6) is 0.347. The van der Waals surface area contributed by atoms with Crippen molar-refractivity contribution < 1.29 is 19.1 Å². The zero-order chi connectivity index (χ0) is 25.5. The Morgan fingerprint density at radius 1 is 0.946 bits per heavy atom. The van der Waals surface area contributed by atoms with Gasteiger partial charge in [0, 0.05) is 29.5 Å². The number of Topliss-reactive ketones (excluding diaryl/α,β-unsaturated/α-hetero) is 1. The Balaban J connectivity index is 1.14. The molecule has 6 nitrogen and oxygen atoms in total. The molecule has 2 heterocycles. The van der Waals surface area contributed by atoms with Crippen LogP contribution in [0.2, 0.25) is 0 Å². The van der Waals surface area contributed by atoms with Gasteiger partial charge in [0.05, 0.1) is 12.7 Å². The van der Waals surface area contributed by atoms with Gasteiger partial charge in [-0.2, -0.15) is 5.26 Å². The SMILES string of the molecule is COc1ccc(C(=O)C2CC3CCC(C2)N3C(=O)OCC2c3ccccc3-c3ccccc32)cc1C#N. The number of nitriles is 1. The molecule has 3 aliphatic rings. The third-order valence-electron chi connectivity index (χ3n) is 8.26. The maximum absolute atomic E-state index is 13.3. The largest absolute Gasteiger partial charge is 0.495 e. The van der Waals surface area contributed by atoms with Crippen molar-refractivity contribution in [1.29, 1.82) is 5.26 Å². The van der Waals surface area contributed by atoms with Crippen molar-refractivity contribution in [2.24, 2.45) is 5.92 Å². The number of piperidine rings is 1. The lowest BCUT2D eigenvalue weighted by Gasteiger charge is -2.37. The van der Waals surface area contributed by atoms with Crippen LogP contribution in [0.3, 0.4) is 0 Å². The molecule has 186 valence electrons. The van der Waals surface area contributed by atoms with E-state index in [-0.39, 0.29) is 35.8 Å². The highest BCUT2D eigenvalue weighted by molar-refractivity contribution is 5.98. The molecule has 2 atom stereocenters. The predicted molar refractivity (Wildman–Crippen MR) is 138 cm³/mol. The van der Waals surface area contributed by atoms with Gasteiger partial charge in [-0.3, -0.25) is 4.79 Å². The average molecular weight is 493 g/mol. The second kappa shape index (κ2) is 9.40. The van der Waals surface area contributed by atoms with Crippen LogP contribution >= 0.6 is 0 Å². The van der Waals surface area contributed by atoms with E-state index >= 15 is 0 Å². The highest BCUT2D eigenvalue weighted by Crippen LogP contribution is 2.45. The van der Waals surface area contributed by atoms with Crippen molar-refractivity contribution in [3.05, 3.63) is 89.0 Å². The fraction of sp³-hybridized carbons (Fsp3) is 0.323. The van der Waals surface area contributed by atoms with Gasteiger partial charge in [0.2, 0.25) is 0 Å². The van der Waals surface area contributed by atoms with E-state index in [2.05, 4.69) is 30.3 Å². The van der Waals surface area contributed by atoms with Crippen LogP contribution in [-0.2, 0) is 4.74 Å². The molecule has 1 amide bonds. The van der Waals surface area contributed by atoms with Crippen LogP contribution in [0.5, 0.6) is 5.75 Å².